The van der Waals surface area contributed by atoms with Gasteiger partial charge in [-0.2, -0.15) is 0 Å². The van der Waals surface area contributed by atoms with Crippen LogP contribution in [0.15, 0.2) is 0 Å². The number of carbonyl (C=O) groups is 1. The molecule has 0 aromatic carbocycles. The lowest BCUT2D eigenvalue weighted by atomic mass is 10.0. The van der Waals surface area contributed by atoms with Gasteiger partial charge < -0.3 is 30.6 Å². The maximum atomic E-state index is 14.2. The summed E-state index contributed by atoms with van der Waals surface area (Å²) in [5.41, 5.74) is 0. The van der Waals surface area contributed by atoms with Crippen LogP contribution in [0.1, 0.15) is 0 Å². The zero-order valence-electron chi connectivity index (χ0n) is 32.5. The van der Waals surface area contributed by atoms with E-state index in [1.54, 1.807) is 0 Å². The summed E-state index contributed by atoms with van der Waals surface area (Å²) in [6.45, 7) is 42.3. The Labute approximate surface area is 283 Å². The van der Waals surface area contributed by atoms with Crippen molar-refractivity contribution in [2.24, 2.45) is 0 Å². The van der Waals surface area contributed by atoms with E-state index in [4.69, 9.17) is 35.1 Å². The fourth-order valence-corrected chi connectivity index (χ4v) is 15.6. The first-order chi connectivity index (χ1) is 19.4. The highest BCUT2D eigenvalue weighted by Crippen LogP contribution is 2.54. The zero-order chi connectivity index (χ0) is 36.3. The van der Waals surface area contributed by atoms with E-state index >= 15 is 0 Å². The number of rotatable bonds is 20. The molecule has 0 radical (unpaired) electrons. The molecule has 4 atom stereocenters. The second kappa shape index (κ2) is 16.3. The number of hydrogen-bond donors (Lipinski definition) is 0. The van der Waals surface area contributed by atoms with Gasteiger partial charge in [0.2, 0.25) is 8.32 Å². The largest absolute Gasteiger partial charge is 0.518 e. The molecule has 0 amide bonds. The van der Waals surface area contributed by atoms with Crippen LogP contribution in [-0.4, -0.2) is 95.2 Å². The molecule has 0 saturated heterocycles. The average Bonchev–Trinajstić information content (AvgIpc) is 2.65. The number of phosphoric acid groups is 1. The van der Waals surface area contributed by atoms with Gasteiger partial charge in [0, 0.05) is 0 Å². The SMILES string of the molecule is C[Si](C)(C)OC(=O)[C@H](O[Si](C)(C)C)[C@@H](O[Si](C)(C)C)[C@H](O[Si](C)(C)C)[C@@H](COP(=O)(O[Si](C)(C)C)O[Si](C)(C)C)O[Si](C)(C)C. The summed E-state index contributed by atoms with van der Waals surface area (Å²) in [5, 5.41) is 0. The van der Waals surface area contributed by atoms with Crippen LogP contribution < -0.4 is 0 Å². The van der Waals surface area contributed by atoms with Gasteiger partial charge in [0.05, 0.1) is 12.7 Å². The molecule has 45 heavy (non-hydrogen) atoms. The van der Waals surface area contributed by atoms with Crippen molar-refractivity contribution < 1.29 is 44.4 Å². The van der Waals surface area contributed by atoms with E-state index in [1.807, 2.05) is 78.6 Å². The highest BCUT2D eigenvalue weighted by Gasteiger charge is 2.49. The molecule has 0 aliphatic rings. The second-order valence-corrected chi connectivity index (χ2v) is 51.8. The van der Waals surface area contributed by atoms with Crippen molar-refractivity contribution in [3.63, 3.8) is 0 Å². The van der Waals surface area contributed by atoms with Crippen molar-refractivity contribution in [3.05, 3.63) is 0 Å². The number of hydrogen-bond acceptors (Lipinski definition) is 10. The summed E-state index contributed by atoms with van der Waals surface area (Å²) in [6, 6.07) is 0. The van der Waals surface area contributed by atoms with Crippen LogP contribution >= 0.6 is 7.82 Å². The van der Waals surface area contributed by atoms with E-state index in [0.29, 0.717) is 0 Å². The molecule has 0 bridgehead atoms. The Morgan fingerprint density at radius 3 is 1.16 bits per heavy atom. The standard InChI is InChI=1S/C27H69O10PSi7/c1-39(2,3)31-23(22-30-38(29,36-44(16,17)18)37-45(19,20)21)24(32-40(4,5)6)25(33-41(7,8)9)26(34-42(10,11)12)27(28)35-43(13,14)15/h23-26H,22H2,1-21H3/t23-,24-,25+,26-/m1/s1. The van der Waals surface area contributed by atoms with Gasteiger partial charge >= 0.3 is 13.8 Å². The third kappa shape index (κ3) is 23.1. The van der Waals surface area contributed by atoms with Crippen LogP contribution in [0, 0.1) is 0 Å². The van der Waals surface area contributed by atoms with Crippen molar-refractivity contribution in [1.82, 2.24) is 0 Å². The minimum absolute atomic E-state index is 0.139. The highest BCUT2D eigenvalue weighted by molar-refractivity contribution is 7.52. The summed E-state index contributed by atoms with van der Waals surface area (Å²) < 4.78 is 66.0. The summed E-state index contributed by atoms with van der Waals surface area (Å²) in [7, 11) is -20.2. The Hall–Kier alpha value is 0.938. The molecule has 0 heterocycles. The topological polar surface area (TPSA) is 108 Å². The molecule has 10 nitrogen and oxygen atoms in total. The van der Waals surface area contributed by atoms with Gasteiger partial charge in [0.1, 0.15) is 12.2 Å². The first kappa shape index (κ1) is 45.9. The molecule has 0 aliphatic carbocycles. The summed E-state index contributed by atoms with van der Waals surface area (Å²) >= 11 is 0. The van der Waals surface area contributed by atoms with Crippen molar-refractivity contribution in [3.8, 4) is 0 Å². The molecule has 0 rings (SSSR count). The van der Waals surface area contributed by atoms with E-state index in [-0.39, 0.29) is 6.61 Å². The maximum absolute atomic E-state index is 14.2. The minimum Gasteiger partial charge on any atom is -0.518 e. The van der Waals surface area contributed by atoms with Gasteiger partial charge in [0.15, 0.2) is 56.0 Å². The molecular weight excluding hydrogens is 712 g/mol. The summed E-state index contributed by atoms with van der Waals surface area (Å²) in [4.78, 5) is 14.0. The van der Waals surface area contributed by atoms with Gasteiger partial charge in [-0.3, -0.25) is 9.32 Å². The van der Waals surface area contributed by atoms with E-state index in [0.717, 1.165) is 0 Å². The molecule has 18 heteroatoms. The first-order valence-electron chi connectivity index (χ1n) is 16.0. The van der Waals surface area contributed by atoms with E-state index in [2.05, 4.69) is 58.9 Å². The molecule has 0 N–H and O–H groups in total. The monoisotopic (exact) mass is 780 g/mol. The van der Waals surface area contributed by atoms with Crippen molar-refractivity contribution in [1.29, 1.82) is 0 Å². The quantitative estimate of drug-likeness (QED) is 0.0877. The predicted octanol–water partition coefficient (Wildman–Crippen LogP) is 9.07. The van der Waals surface area contributed by atoms with Crippen LogP contribution in [0.2, 0.25) is 137 Å². The lowest BCUT2D eigenvalue weighted by molar-refractivity contribution is -0.156. The summed E-state index contributed by atoms with van der Waals surface area (Å²) in [5.74, 6) is -0.452. The van der Waals surface area contributed by atoms with Gasteiger partial charge in [0.25, 0.3) is 0 Å². The Balaban J connectivity index is 7.40. The zero-order valence-corrected chi connectivity index (χ0v) is 40.4. The van der Waals surface area contributed by atoms with E-state index < -0.39 is 96.4 Å². The van der Waals surface area contributed by atoms with E-state index in [1.165, 1.54) is 0 Å². The molecule has 0 fully saturated rings. The third-order valence-corrected chi connectivity index (χ3v) is 16.1. The van der Waals surface area contributed by atoms with E-state index in [9.17, 15) is 9.36 Å². The maximum Gasteiger partial charge on any atom is 0.455 e. The molecule has 0 saturated carbocycles. The van der Waals surface area contributed by atoms with Crippen molar-refractivity contribution in [2.75, 3.05) is 6.61 Å². The molecule has 0 spiro atoms. The molecule has 0 unspecified atom stereocenters. The molecule has 0 aromatic heterocycles. The first-order valence-corrected chi connectivity index (χ1v) is 41.3. The fraction of sp³-hybridized carbons (Fsp3) is 0.963. The Morgan fingerprint density at radius 2 is 0.844 bits per heavy atom. The predicted molar refractivity (Wildman–Crippen MR) is 205 cm³/mol. The smallest absolute Gasteiger partial charge is 0.455 e. The fourth-order valence-electron chi connectivity index (χ4n) is 4.02. The third-order valence-electron chi connectivity index (χ3n) is 4.76. The van der Waals surface area contributed by atoms with Crippen LogP contribution in [0.25, 0.3) is 0 Å². The molecule has 270 valence electrons. The van der Waals surface area contributed by atoms with Crippen LogP contribution in [-0.2, 0) is 44.4 Å². The molecule has 0 aromatic rings. The lowest BCUT2D eigenvalue weighted by Gasteiger charge is -2.45. The van der Waals surface area contributed by atoms with Gasteiger partial charge in [-0.15, -0.1) is 0 Å². The van der Waals surface area contributed by atoms with Crippen molar-refractivity contribution in [2.45, 2.75) is 162 Å². The lowest BCUT2D eigenvalue weighted by Crippen LogP contribution is -2.61. The van der Waals surface area contributed by atoms with Gasteiger partial charge in [-0.1, -0.05) is 0 Å². The Bertz CT molecular complexity index is 965. The minimum atomic E-state index is -3.98. The normalized spacial score (nSPS) is 17.5. The Kier molecular flexibility index (Phi) is 16.6. The van der Waals surface area contributed by atoms with Crippen LogP contribution in [0.4, 0.5) is 0 Å². The highest BCUT2D eigenvalue weighted by atomic mass is 31.2. The Morgan fingerprint density at radius 1 is 0.489 bits per heavy atom. The van der Waals surface area contributed by atoms with Crippen LogP contribution in [0.5, 0.6) is 0 Å². The summed E-state index contributed by atoms with van der Waals surface area (Å²) in [6.07, 6.45) is -3.47. The van der Waals surface area contributed by atoms with Gasteiger partial charge in [-0.25, -0.2) is 4.57 Å². The van der Waals surface area contributed by atoms with Crippen LogP contribution in [0.3, 0.4) is 0 Å². The molecular formula is C27H69O10PSi7. The molecule has 0 aliphatic heterocycles. The number of carbonyl (C=O) groups excluding carboxylic acids is 1. The van der Waals surface area contributed by atoms with Crippen molar-refractivity contribution >= 4 is 72.0 Å². The van der Waals surface area contributed by atoms with Gasteiger partial charge in [-0.05, 0) is 137 Å². The average molecular weight is 781 g/mol. The second-order valence-electron chi connectivity index (χ2n) is 18.5.